The monoisotopic (exact) mass is 485 g/mol. The molecule has 0 fully saturated rings. The molecule has 0 atom stereocenters. The molecule has 0 amide bonds. The molecule has 0 aliphatic carbocycles. The summed E-state index contributed by atoms with van der Waals surface area (Å²) in [5, 5.41) is 23.6. The van der Waals surface area contributed by atoms with Gasteiger partial charge in [0, 0.05) is 30.1 Å². The van der Waals surface area contributed by atoms with Gasteiger partial charge in [-0.05, 0) is 12.1 Å². The van der Waals surface area contributed by atoms with Gasteiger partial charge in [-0.3, -0.25) is 19.0 Å². The zero-order chi connectivity index (χ0) is 25.3. The molecule has 174 valence electrons. The quantitative estimate of drug-likeness (QED) is 0.223. The first-order chi connectivity index (χ1) is 16.9. The highest BCUT2D eigenvalue weighted by Gasteiger charge is 2.23. The maximum atomic E-state index is 13.7. The third-order valence-corrected chi connectivity index (χ3v) is 6.60. The minimum absolute atomic E-state index is 0.0517. The highest BCUT2D eigenvalue weighted by Crippen LogP contribution is 2.34. The van der Waals surface area contributed by atoms with Gasteiger partial charge in [0.15, 0.2) is 0 Å². The second-order valence-electron chi connectivity index (χ2n) is 7.41. The predicted molar refractivity (Wildman–Crippen MR) is 133 cm³/mol. The van der Waals surface area contributed by atoms with E-state index in [0.717, 1.165) is 15.9 Å². The predicted octanol–water partition coefficient (Wildman–Crippen LogP) is 3.03. The molecule has 35 heavy (non-hydrogen) atoms. The molecule has 0 radical (unpaired) electrons. The summed E-state index contributed by atoms with van der Waals surface area (Å²) in [6, 6.07) is 5.68. The van der Waals surface area contributed by atoms with Crippen molar-refractivity contribution in [1.29, 1.82) is 10.5 Å². The van der Waals surface area contributed by atoms with E-state index in [4.69, 9.17) is 4.74 Å². The number of ether oxygens (including phenoxy) is 1. The number of fused-ring (bicyclic) bond motifs is 2. The molecular weight excluding hydrogens is 466 g/mol. The molecule has 4 aromatic rings. The van der Waals surface area contributed by atoms with E-state index in [1.807, 2.05) is 12.1 Å². The Morgan fingerprint density at radius 3 is 2.71 bits per heavy atom. The maximum absolute atomic E-state index is 13.7. The van der Waals surface area contributed by atoms with Crippen LogP contribution in [0.2, 0.25) is 0 Å². The van der Waals surface area contributed by atoms with Crippen molar-refractivity contribution >= 4 is 38.0 Å². The zero-order valence-corrected chi connectivity index (χ0v) is 19.8. The summed E-state index contributed by atoms with van der Waals surface area (Å²) in [4.78, 5) is 32.0. The first kappa shape index (κ1) is 23.4. The third-order valence-electron chi connectivity index (χ3n) is 5.47. The van der Waals surface area contributed by atoms with Crippen molar-refractivity contribution in [3.05, 3.63) is 80.9 Å². The molecule has 0 bridgehead atoms. The Morgan fingerprint density at radius 1 is 1.29 bits per heavy atom. The first-order valence-corrected chi connectivity index (χ1v) is 11.1. The minimum Gasteiger partial charge on any atom is -0.496 e. The molecule has 0 spiro atoms. The van der Waals surface area contributed by atoms with Gasteiger partial charge in [0.25, 0.3) is 5.56 Å². The van der Waals surface area contributed by atoms with Crippen molar-refractivity contribution in [2.45, 2.75) is 13.0 Å². The lowest BCUT2D eigenvalue weighted by Gasteiger charge is -2.12. The highest BCUT2D eigenvalue weighted by atomic mass is 32.1. The van der Waals surface area contributed by atoms with Gasteiger partial charge >= 0.3 is 5.69 Å². The van der Waals surface area contributed by atoms with Gasteiger partial charge in [-0.15, -0.1) is 11.3 Å². The fourth-order valence-corrected chi connectivity index (χ4v) is 5.07. The zero-order valence-electron chi connectivity index (χ0n) is 19.0. The van der Waals surface area contributed by atoms with Crippen LogP contribution < -0.4 is 11.2 Å². The van der Waals surface area contributed by atoms with E-state index in [0.29, 0.717) is 32.6 Å². The number of allylic oxidation sites excluding steroid dienone is 3. The lowest BCUT2D eigenvalue weighted by molar-refractivity contribution is 0.309. The molecule has 0 saturated carbocycles. The summed E-state index contributed by atoms with van der Waals surface area (Å²) in [7, 11) is 3.14. The van der Waals surface area contributed by atoms with Crippen LogP contribution in [0.1, 0.15) is 11.3 Å². The number of nitrogens with zero attached hydrogens (tertiary/aromatic N) is 7. The van der Waals surface area contributed by atoms with Crippen LogP contribution in [0.4, 0.5) is 0 Å². The maximum Gasteiger partial charge on any atom is 0.336 e. The Hall–Kier alpha value is -4.74. The standard InChI is InChI=1S/C24H19N7O3S/c1-5-18(34-4)20(14(2)10-26)19-9-16-22(35-19)23(32)31(24(33)30(16)8-6-7-25)17-13-27-11-15-12-28-29(3)21(15)17/h5,9,11-13H,1-2,6,8H2,3-4H3/b20-18-. The number of aryl methyl sites for hydroxylation is 2. The number of thiophene rings is 1. The van der Waals surface area contributed by atoms with E-state index >= 15 is 0 Å². The van der Waals surface area contributed by atoms with E-state index in [9.17, 15) is 20.1 Å². The van der Waals surface area contributed by atoms with E-state index in [-0.39, 0.29) is 28.9 Å². The highest BCUT2D eigenvalue weighted by molar-refractivity contribution is 7.20. The Kier molecular flexibility index (Phi) is 6.19. The Bertz CT molecular complexity index is 1750. The van der Waals surface area contributed by atoms with Crippen LogP contribution in [0, 0.1) is 22.7 Å². The van der Waals surface area contributed by atoms with Gasteiger partial charge < -0.3 is 4.74 Å². The molecule has 4 rings (SSSR count). The number of methoxy groups -OCH3 is 1. The Morgan fingerprint density at radius 2 is 2.06 bits per heavy atom. The molecule has 4 heterocycles. The van der Waals surface area contributed by atoms with Gasteiger partial charge in [0.1, 0.15) is 10.5 Å². The largest absolute Gasteiger partial charge is 0.496 e. The molecule has 10 nitrogen and oxygen atoms in total. The first-order valence-electron chi connectivity index (χ1n) is 10.3. The average Bonchev–Trinajstić information content (AvgIpc) is 3.46. The minimum atomic E-state index is -0.613. The third kappa shape index (κ3) is 3.74. The lowest BCUT2D eigenvalue weighted by atomic mass is 10.1. The van der Waals surface area contributed by atoms with Crippen molar-refractivity contribution in [3.63, 3.8) is 0 Å². The average molecular weight is 486 g/mol. The van der Waals surface area contributed by atoms with E-state index in [2.05, 4.69) is 23.2 Å². The molecule has 0 aliphatic rings. The fraction of sp³-hybridized carbons (Fsp3) is 0.167. The van der Waals surface area contributed by atoms with E-state index < -0.39 is 11.2 Å². The number of aromatic nitrogens is 5. The number of pyridine rings is 1. The Labute approximate surface area is 203 Å². The summed E-state index contributed by atoms with van der Waals surface area (Å²) in [6.45, 7) is 7.59. The SMILES string of the molecule is C=C/C(OC)=C(\C(=C)C#N)c1cc2c(s1)c(=O)n(-c1cncc3cnn(C)c13)c(=O)n2CCC#N. The van der Waals surface area contributed by atoms with Crippen molar-refractivity contribution < 1.29 is 4.74 Å². The molecule has 0 saturated heterocycles. The Balaban J connectivity index is 2.15. The summed E-state index contributed by atoms with van der Waals surface area (Å²) < 4.78 is 9.62. The van der Waals surface area contributed by atoms with Gasteiger partial charge in [0.2, 0.25) is 0 Å². The van der Waals surface area contributed by atoms with Gasteiger partial charge in [-0.1, -0.05) is 13.2 Å². The summed E-state index contributed by atoms with van der Waals surface area (Å²) in [5.41, 5.74) is 0.506. The summed E-state index contributed by atoms with van der Waals surface area (Å²) >= 11 is 1.10. The number of hydrogen-bond acceptors (Lipinski definition) is 8. The number of hydrogen-bond donors (Lipinski definition) is 0. The van der Waals surface area contributed by atoms with Crippen molar-refractivity contribution in [3.8, 4) is 17.8 Å². The van der Waals surface area contributed by atoms with E-state index in [1.54, 1.807) is 30.2 Å². The second-order valence-corrected chi connectivity index (χ2v) is 8.46. The fourth-order valence-electron chi connectivity index (χ4n) is 3.90. The van der Waals surface area contributed by atoms with Gasteiger partial charge in [0.05, 0.1) is 65.9 Å². The van der Waals surface area contributed by atoms with Crippen molar-refractivity contribution in [1.82, 2.24) is 23.9 Å². The molecule has 0 unspecified atom stereocenters. The van der Waals surface area contributed by atoms with Gasteiger partial charge in [-0.25, -0.2) is 9.36 Å². The summed E-state index contributed by atoms with van der Waals surface area (Å²) in [6.07, 6.45) is 6.12. The van der Waals surface area contributed by atoms with Crippen LogP contribution in [0.3, 0.4) is 0 Å². The van der Waals surface area contributed by atoms with Crippen LogP contribution in [0.25, 0.3) is 32.4 Å². The lowest BCUT2D eigenvalue weighted by Crippen LogP contribution is -2.38. The summed E-state index contributed by atoms with van der Waals surface area (Å²) in [5.74, 6) is 0.304. The number of rotatable bonds is 7. The van der Waals surface area contributed by atoms with Crippen LogP contribution >= 0.6 is 11.3 Å². The topological polar surface area (TPSA) is 132 Å². The van der Waals surface area contributed by atoms with Crippen LogP contribution in [0.15, 0.2) is 64.8 Å². The molecule has 0 N–H and O–H groups in total. The smallest absolute Gasteiger partial charge is 0.336 e. The molecule has 4 aromatic heterocycles. The molecule has 0 aliphatic heterocycles. The molecular formula is C24H19N7O3S. The second kappa shape index (κ2) is 9.25. The molecule has 11 heteroatoms. The molecule has 0 aromatic carbocycles. The van der Waals surface area contributed by atoms with E-state index in [1.165, 1.54) is 23.9 Å². The van der Waals surface area contributed by atoms with Crippen molar-refractivity contribution in [2.75, 3.05) is 7.11 Å². The number of nitriles is 2. The van der Waals surface area contributed by atoms with Gasteiger partial charge in [-0.2, -0.15) is 15.6 Å². The van der Waals surface area contributed by atoms with Crippen molar-refractivity contribution in [2.24, 2.45) is 7.05 Å². The van der Waals surface area contributed by atoms with Crippen LogP contribution in [-0.4, -0.2) is 31.0 Å². The normalized spacial score (nSPS) is 11.7. The van der Waals surface area contributed by atoms with Crippen LogP contribution in [-0.2, 0) is 18.3 Å². The van der Waals surface area contributed by atoms with Crippen LogP contribution in [0.5, 0.6) is 0 Å².